The minimum Gasteiger partial charge on any atom is -0.491 e. The van der Waals surface area contributed by atoms with Gasteiger partial charge in [0.1, 0.15) is 12.4 Å². The van der Waals surface area contributed by atoms with Crippen LogP contribution in [0.5, 0.6) is 5.75 Å². The molecule has 31 heavy (non-hydrogen) atoms. The second-order valence-electron chi connectivity index (χ2n) is 7.42. The molecule has 1 unspecified atom stereocenters. The first-order chi connectivity index (χ1) is 14.5. The Kier molecular flexibility index (Phi) is 6.14. The third kappa shape index (κ3) is 4.17. The normalized spacial score (nSPS) is 18.3. The molecular weight excluding hydrogens is 431 g/mol. The Hall–Kier alpha value is -2.87. The van der Waals surface area contributed by atoms with Crippen molar-refractivity contribution in [1.29, 1.82) is 5.26 Å². The van der Waals surface area contributed by atoms with Gasteiger partial charge in [-0.3, -0.25) is 4.90 Å². The fourth-order valence-electron chi connectivity index (χ4n) is 3.45. The summed E-state index contributed by atoms with van der Waals surface area (Å²) < 4.78 is 45.6. The zero-order valence-electron chi connectivity index (χ0n) is 16.7. The van der Waals surface area contributed by atoms with Crippen LogP contribution in [0.1, 0.15) is 25.0 Å². The van der Waals surface area contributed by atoms with Crippen LogP contribution in [-0.2, 0) is 6.18 Å². The fraction of sp³-hybridized carbons (Fsp3) is 0.333. The van der Waals surface area contributed by atoms with Crippen molar-refractivity contribution < 1.29 is 28.1 Å². The minimum atomic E-state index is -4.73. The number of hydrogen-bond acceptors (Lipinski definition) is 5. The number of aliphatic hydroxyl groups excluding tert-OH is 2. The number of aliphatic hydroxyl groups is 2. The summed E-state index contributed by atoms with van der Waals surface area (Å²) >= 11 is 5.53. The molecule has 2 aromatic carbocycles. The van der Waals surface area contributed by atoms with Gasteiger partial charge in [-0.05, 0) is 68.5 Å². The molecule has 164 valence electrons. The van der Waals surface area contributed by atoms with Gasteiger partial charge in [-0.2, -0.15) is 18.4 Å². The number of thiocarbonyl (C=S) groups is 1. The van der Waals surface area contributed by atoms with E-state index in [1.807, 2.05) is 0 Å². The summed E-state index contributed by atoms with van der Waals surface area (Å²) in [4.78, 5) is 2.89. The number of nitriles is 1. The number of ether oxygens (including phenoxy) is 1. The summed E-state index contributed by atoms with van der Waals surface area (Å²) in [6.07, 6.45) is -5.98. The molecule has 0 radical (unpaired) electrons. The Morgan fingerprint density at radius 1 is 1.16 bits per heavy atom. The van der Waals surface area contributed by atoms with Crippen molar-refractivity contribution in [3.8, 4) is 11.8 Å². The summed E-state index contributed by atoms with van der Waals surface area (Å²) in [5.74, 6) is 0.528. The molecule has 1 heterocycles. The van der Waals surface area contributed by atoms with Crippen LogP contribution < -0.4 is 14.5 Å². The molecule has 1 fully saturated rings. The van der Waals surface area contributed by atoms with Crippen LogP contribution in [0.2, 0.25) is 0 Å². The van der Waals surface area contributed by atoms with Crippen LogP contribution in [0.4, 0.5) is 24.5 Å². The lowest BCUT2D eigenvalue weighted by atomic mass is 10.0. The van der Waals surface area contributed by atoms with Crippen LogP contribution >= 0.6 is 12.2 Å². The Labute approximate surface area is 182 Å². The van der Waals surface area contributed by atoms with E-state index in [-0.39, 0.29) is 24.0 Å². The summed E-state index contributed by atoms with van der Waals surface area (Å²) in [5.41, 5.74) is -1.94. The zero-order valence-corrected chi connectivity index (χ0v) is 17.5. The monoisotopic (exact) mass is 451 g/mol. The van der Waals surface area contributed by atoms with Gasteiger partial charge in [-0.25, -0.2) is 0 Å². The van der Waals surface area contributed by atoms with E-state index in [0.717, 1.165) is 12.1 Å². The lowest BCUT2D eigenvalue weighted by molar-refractivity contribution is -0.137. The smallest absolute Gasteiger partial charge is 0.417 e. The molecule has 1 atom stereocenters. The largest absolute Gasteiger partial charge is 0.491 e. The first kappa shape index (κ1) is 22.8. The highest BCUT2D eigenvalue weighted by Crippen LogP contribution is 2.41. The zero-order chi connectivity index (χ0) is 23.0. The van der Waals surface area contributed by atoms with E-state index >= 15 is 0 Å². The maximum absolute atomic E-state index is 13.4. The van der Waals surface area contributed by atoms with Gasteiger partial charge in [0.05, 0.1) is 29.3 Å². The molecule has 2 aromatic rings. The van der Waals surface area contributed by atoms with Crippen molar-refractivity contribution in [1.82, 2.24) is 0 Å². The summed E-state index contributed by atoms with van der Waals surface area (Å²) in [6, 6.07) is 11.5. The SMILES string of the molecule is CC1(C)C(O)N(c2ccc(C#N)c(C(F)(F)F)c2)C(=S)N1c1ccc(OCCO)cc1. The number of benzene rings is 2. The Morgan fingerprint density at radius 3 is 2.32 bits per heavy atom. The second kappa shape index (κ2) is 8.34. The second-order valence-corrected chi connectivity index (χ2v) is 7.79. The van der Waals surface area contributed by atoms with Crippen LogP contribution in [-0.4, -0.2) is 40.3 Å². The third-order valence-corrected chi connectivity index (χ3v) is 5.39. The average Bonchev–Trinajstić information content (AvgIpc) is 2.90. The van der Waals surface area contributed by atoms with E-state index in [2.05, 4.69) is 0 Å². The van der Waals surface area contributed by atoms with Crippen molar-refractivity contribution in [2.75, 3.05) is 23.0 Å². The predicted molar refractivity (Wildman–Crippen MR) is 113 cm³/mol. The molecule has 6 nitrogen and oxygen atoms in total. The first-order valence-corrected chi connectivity index (χ1v) is 9.69. The van der Waals surface area contributed by atoms with E-state index in [1.165, 1.54) is 11.0 Å². The van der Waals surface area contributed by atoms with E-state index in [0.29, 0.717) is 11.4 Å². The molecule has 1 aliphatic heterocycles. The summed E-state index contributed by atoms with van der Waals surface area (Å²) in [6.45, 7) is 3.44. The molecule has 0 aliphatic carbocycles. The maximum Gasteiger partial charge on any atom is 0.417 e. The van der Waals surface area contributed by atoms with Gasteiger partial charge in [0.15, 0.2) is 11.3 Å². The van der Waals surface area contributed by atoms with Crippen LogP contribution in [0, 0.1) is 11.3 Å². The topological polar surface area (TPSA) is 80.0 Å². The lowest BCUT2D eigenvalue weighted by Crippen LogP contribution is -2.47. The number of halogens is 3. The van der Waals surface area contributed by atoms with Gasteiger partial charge in [0.25, 0.3) is 0 Å². The Balaban J connectivity index is 2.00. The van der Waals surface area contributed by atoms with E-state index in [9.17, 15) is 18.3 Å². The number of rotatable bonds is 5. The third-order valence-electron chi connectivity index (χ3n) is 5.01. The average molecular weight is 451 g/mol. The molecule has 3 rings (SSSR count). The van der Waals surface area contributed by atoms with Crippen molar-refractivity contribution in [3.63, 3.8) is 0 Å². The molecule has 10 heteroatoms. The van der Waals surface area contributed by atoms with Gasteiger partial charge in [0.2, 0.25) is 0 Å². The molecule has 1 saturated heterocycles. The van der Waals surface area contributed by atoms with Crippen molar-refractivity contribution in [2.24, 2.45) is 0 Å². The Bertz CT molecular complexity index is 1020. The quantitative estimate of drug-likeness (QED) is 0.672. The molecule has 0 bridgehead atoms. The molecule has 0 aromatic heterocycles. The van der Waals surface area contributed by atoms with Crippen molar-refractivity contribution in [3.05, 3.63) is 53.6 Å². The maximum atomic E-state index is 13.4. The van der Waals surface area contributed by atoms with Crippen molar-refractivity contribution in [2.45, 2.75) is 31.8 Å². The van der Waals surface area contributed by atoms with Gasteiger partial charge < -0.3 is 19.8 Å². The molecular formula is C21H20F3N3O3S. The van der Waals surface area contributed by atoms with E-state index in [4.69, 9.17) is 27.3 Å². The van der Waals surface area contributed by atoms with E-state index in [1.54, 1.807) is 49.1 Å². The van der Waals surface area contributed by atoms with Crippen LogP contribution in [0.3, 0.4) is 0 Å². The van der Waals surface area contributed by atoms with Gasteiger partial charge in [0, 0.05) is 11.4 Å². The summed E-state index contributed by atoms with van der Waals surface area (Å²) in [7, 11) is 0. The first-order valence-electron chi connectivity index (χ1n) is 9.29. The predicted octanol–water partition coefficient (Wildman–Crippen LogP) is 3.66. The van der Waals surface area contributed by atoms with E-state index < -0.39 is 29.1 Å². The number of hydrogen-bond donors (Lipinski definition) is 2. The number of anilines is 2. The van der Waals surface area contributed by atoms with Gasteiger partial charge >= 0.3 is 6.18 Å². The molecule has 1 aliphatic rings. The Morgan fingerprint density at radius 2 is 1.77 bits per heavy atom. The minimum absolute atomic E-state index is 0.0299. The van der Waals surface area contributed by atoms with Gasteiger partial charge in [-0.15, -0.1) is 0 Å². The molecule has 0 spiro atoms. The highest BCUT2D eigenvalue weighted by molar-refractivity contribution is 7.80. The van der Waals surface area contributed by atoms with Crippen LogP contribution in [0.25, 0.3) is 0 Å². The lowest BCUT2D eigenvalue weighted by Gasteiger charge is -2.33. The fourth-order valence-corrected chi connectivity index (χ4v) is 4.00. The number of alkyl halides is 3. The van der Waals surface area contributed by atoms with Crippen LogP contribution in [0.15, 0.2) is 42.5 Å². The highest BCUT2D eigenvalue weighted by atomic mass is 32.1. The standard InChI is InChI=1S/C21H20F3N3O3S/c1-20(2)18(29)26(15-4-3-13(12-25)17(11-15)21(22,23)24)19(31)27(20)14-5-7-16(8-6-14)30-10-9-28/h3-8,11,18,28-29H,9-10H2,1-2H3. The molecule has 0 saturated carbocycles. The van der Waals surface area contributed by atoms with Crippen molar-refractivity contribution >= 4 is 28.7 Å². The highest BCUT2D eigenvalue weighted by Gasteiger charge is 2.50. The molecule has 0 amide bonds. The molecule has 2 N–H and O–H groups in total. The van der Waals surface area contributed by atoms with Gasteiger partial charge in [-0.1, -0.05) is 0 Å². The number of nitrogens with zero attached hydrogens (tertiary/aromatic N) is 3. The summed E-state index contributed by atoms with van der Waals surface area (Å²) in [5, 5.41) is 28.9.